The molecule has 1 aromatic rings. The highest BCUT2D eigenvalue weighted by atomic mass is 16.7. The predicted octanol–water partition coefficient (Wildman–Crippen LogP) is 3.09. The Morgan fingerprint density at radius 2 is 1.71 bits per heavy atom. The topological polar surface area (TPSA) is 46.2 Å². The Kier molecular flexibility index (Phi) is 5.87. The van der Waals surface area contributed by atoms with Crippen LogP contribution >= 0.6 is 0 Å². The summed E-state index contributed by atoms with van der Waals surface area (Å²) >= 11 is 0. The molecule has 6 heteroatoms. The maximum absolute atomic E-state index is 6.20. The molecule has 0 aliphatic carbocycles. The molecule has 3 saturated heterocycles. The van der Waals surface area contributed by atoms with Crippen LogP contribution in [0, 0.1) is 5.92 Å². The molecule has 0 radical (unpaired) electrons. The molecule has 5 nitrogen and oxygen atoms in total. The SMILES string of the molecule is CC1(C)OB(c2ccc(C[C@@H]3COC[C@H]3OC3CCCCO3)cc2)OC1(C)C. The summed E-state index contributed by atoms with van der Waals surface area (Å²) in [4.78, 5) is 0. The van der Waals surface area contributed by atoms with Crippen LogP contribution in [0.4, 0.5) is 0 Å². The van der Waals surface area contributed by atoms with Gasteiger partial charge in [-0.3, -0.25) is 0 Å². The Balaban J connectivity index is 1.35. The van der Waals surface area contributed by atoms with Gasteiger partial charge in [0.1, 0.15) is 0 Å². The van der Waals surface area contributed by atoms with Crippen LogP contribution in [0.3, 0.4) is 0 Å². The summed E-state index contributed by atoms with van der Waals surface area (Å²) in [5, 5.41) is 0. The Morgan fingerprint density at radius 1 is 1.00 bits per heavy atom. The highest BCUT2D eigenvalue weighted by Crippen LogP contribution is 2.36. The van der Waals surface area contributed by atoms with E-state index in [2.05, 4.69) is 52.0 Å². The van der Waals surface area contributed by atoms with E-state index in [-0.39, 0.29) is 30.7 Å². The molecule has 3 aliphatic heterocycles. The molecule has 0 spiro atoms. The summed E-state index contributed by atoms with van der Waals surface area (Å²) < 4.78 is 30.0. The number of rotatable bonds is 5. The summed E-state index contributed by atoms with van der Waals surface area (Å²) in [6.45, 7) is 10.5. The van der Waals surface area contributed by atoms with Crippen molar-refractivity contribution >= 4 is 12.6 Å². The number of hydrogen-bond donors (Lipinski definition) is 0. The quantitative estimate of drug-likeness (QED) is 0.726. The van der Waals surface area contributed by atoms with Crippen molar-refractivity contribution < 1.29 is 23.5 Å². The zero-order valence-corrected chi connectivity index (χ0v) is 17.6. The first-order chi connectivity index (χ1) is 13.3. The van der Waals surface area contributed by atoms with Gasteiger partial charge in [0.05, 0.1) is 30.5 Å². The molecule has 3 aliphatic rings. The highest BCUT2D eigenvalue weighted by molar-refractivity contribution is 6.62. The zero-order valence-electron chi connectivity index (χ0n) is 17.6. The second-order valence-corrected chi connectivity index (χ2v) is 9.30. The maximum atomic E-state index is 6.20. The normalized spacial score (nSPS) is 32.0. The minimum Gasteiger partial charge on any atom is -0.399 e. The van der Waals surface area contributed by atoms with Gasteiger partial charge in [-0.15, -0.1) is 0 Å². The van der Waals surface area contributed by atoms with Gasteiger partial charge >= 0.3 is 7.12 Å². The summed E-state index contributed by atoms with van der Waals surface area (Å²) in [7, 11) is -0.312. The summed E-state index contributed by atoms with van der Waals surface area (Å²) in [5.74, 6) is 0.369. The van der Waals surface area contributed by atoms with Gasteiger partial charge in [0.2, 0.25) is 0 Å². The highest BCUT2D eigenvalue weighted by Gasteiger charge is 2.51. The van der Waals surface area contributed by atoms with Gasteiger partial charge in [-0.1, -0.05) is 24.3 Å². The molecule has 3 fully saturated rings. The molecule has 1 unspecified atom stereocenters. The molecule has 28 heavy (non-hydrogen) atoms. The van der Waals surface area contributed by atoms with E-state index < -0.39 is 0 Å². The van der Waals surface area contributed by atoms with Crippen LogP contribution in [0.1, 0.15) is 52.5 Å². The minimum atomic E-state index is -0.316. The van der Waals surface area contributed by atoms with Gasteiger partial charge in [0.25, 0.3) is 0 Å². The van der Waals surface area contributed by atoms with Gasteiger partial charge < -0.3 is 23.5 Å². The number of benzene rings is 1. The second-order valence-electron chi connectivity index (χ2n) is 9.30. The Bertz CT molecular complexity index is 637. The number of hydrogen-bond acceptors (Lipinski definition) is 5. The van der Waals surface area contributed by atoms with Crippen LogP contribution in [0.25, 0.3) is 0 Å². The first kappa shape index (κ1) is 20.4. The molecule has 0 amide bonds. The molecule has 0 aromatic heterocycles. The van der Waals surface area contributed by atoms with Crippen LogP contribution in [-0.4, -0.2) is 50.5 Å². The van der Waals surface area contributed by atoms with Crippen LogP contribution in [0.2, 0.25) is 0 Å². The van der Waals surface area contributed by atoms with Gasteiger partial charge in [-0.05, 0) is 64.4 Å². The summed E-state index contributed by atoms with van der Waals surface area (Å²) in [6, 6.07) is 8.58. The standard InChI is InChI=1S/C22H33BO5/c1-21(2)22(3,4)28-23(27-21)18-10-8-16(9-11-18)13-17-14-24-15-19(17)26-20-7-5-6-12-25-20/h8-11,17,19-20H,5-7,12-15H2,1-4H3/t17-,19-,20?/m1/s1. The van der Waals surface area contributed by atoms with Crippen LogP contribution in [0.5, 0.6) is 0 Å². The van der Waals surface area contributed by atoms with Crippen LogP contribution < -0.4 is 5.46 Å². The smallest absolute Gasteiger partial charge is 0.399 e. The fourth-order valence-electron chi connectivity index (χ4n) is 4.03. The lowest BCUT2D eigenvalue weighted by Gasteiger charge is -2.32. The first-order valence-electron chi connectivity index (χ1n) is 10.6. The van der Waals surface area contributed by atoms with Gasteiger partial charge in [0, 0.05) is 12.5 Å². The lowest BCUT2D eigenvalue weighted by atomic mass is 9.78. The molecule has 0 saturated carbocycles. The lowest BCUT2D eigenvalue weighted by Crippen LogP contribution is -2.41. The van der Waals surface area contributed by atoms with Crippen molar-refractivity contribution in [2.24, 2.45) is 5.92 Å². The van der Waals surface area contributed by atoms with Crippen LogP contribution in [0.15, 0.2) is 24.3 Å². The third-order valence-electron chi connectivity index (χ3n) is 6.61. The van der Waals surface area contributed by atoms with Crippen molar-refractivity contribution in [1.29, 1.82) is 0 Å². The monoisotopic (exact) mass is 388 g/mol. The van der Waals surface area contributed by atoms with Crippen molar-refractivity contribution in [2.75, 3.05) is 19.8 Å². The molecule has 0 bridgehead atoms. The fraction of sp³-hybridized carbons (Fsp3) is 0.727. The van der Waals surface area contributed by atoms with E-state index in [4.69, 9.17) is 23.5 Å². The summed E-state index contributed by atoms with van der Waals surface area (Å²) in [6.07, 6.45) is 4.32. The van der Waals surface area contributed by atoms with Gasteiger partial charge in [0.15, 0.2) is 6.29 Å². The first-order valence-corrected chi connectivity index (χ1v) is 10.6. The fourth-order valence-corrected chi connectivity index (χ4v) is 4.03. The van der Waals surface area contributed by atoms with E-state index in [1.54, 1.807) is 0 Å². The van der Waals surface area contributed by atoms with Gasteiger partial charge in [-0.2, -0.15) is 0 Å². The van der Waals surface area contributed by atoms with Gasteiger partial charge in [-0.25, -0.2) is 0 Å². The Morgan fingerprint density at radius 3 is 2.36 bits per heavy atom. The van der Waals surface area contributed by atoms with E-state index >= 15 is 0 Å². The van der Waals surface area contributed by atoms with Crippen molar-refractivity contribution in [2.45, 2.75) is 77.0 Å². The maximum Gasteiger partial charge on any atom is 0.494 e. The van der Waals surface area contributed by atoms with E-state index in [0.717, 1.165) is 37.9 Å². The lowest BCUT2D eigenvalue weighted by molar-refractivity contribution is -0.193. The minimum absolute atomic E-state index is 0.0614. The third-order valence-corrected chi connectivity index (χ3v) is 6.61. The molecule has 154 valence electrons. The van der Waals surface area contributed by atoms with E-state index in [1.807, 2.05) is 0 Å². The predicted molar refractivity (Wildman–Crippen MR) is 109 cm³/mol. The van der Waals surface area contributed by atoms with Crippen molar-refractivity contribution in [3.63, 3.8) is 0 Å². The average Bonchev–Trinajstić information content (AvgIpc) is 3.17. The molecule has 3 heterocycles. The molecular weight excluding hydrogens is 355 g/mol. The Hall–Kier alpha value is -0.915. The number of ether oxygens (including phenoxy) is 3. The largest absolute Gasteiger partial charge is 0.494 e. The molecule has 3 atom stereocenters. The molecular formula is C22H33BO5. The second kappa shape index (κ2) is 8.08. The average molecular weight is 388 g/mol. The zero-order chi connectivity index (χ0) is 19.8. The molecule has 4 rings (SSSR count). The van der Waals surface area contributed by atoms with Crippen molar-refractivity contribution in [3.05, 3.63) is 29.8 Å². The van der Waals surface area contributed by atoms with E-state index in [0.29, 0.717) is 12.5 Å². The van der Waals surface area contributed by atoms with Crippen LogP contribution in [-0.2, 0) is 29.9 Å². The van der Waals surface area contributed by atoms with E-state index in [9.17, 15) is 0 Å². The Labute approximate surface area is 169 Å². The van der Waals surface area contributed by atoms with Crippen molar-refractivity contribution in [1.82, 2.24) is 0 Å². The molecule has 0 N–H and O–H groups in total. The summed E-state index contributed by atoms with van der Waals surface area (Å²) in [5.41, 5.74) is 1.72. The van der Waals surface area contributed by atoms with E-state index in [1.165, 1.54) is 12.0 Å². The van der Waals surface area contributed by atoms with Crippen molar-refractivity contribution in [3.8, 4) is 0 Å². The molecule has 1 aromatic carbocycles. The third kappa shape index (κ3) is 4.31.